The molecule has 24 heavy (non-hydrogen) atoms. The van der Waals surface area contributed by atoms with Crippen LogP contribution in [0.25, 0.3) is 0 Å². The minimum absolute atomic E-state index is 0.0418. The normalized spacial score (nSPS) is 24.2. The number of halogens is 3. The summed E-state index contributed by atoms with van der Waals surface area (Å²) in [6.07, 6.45) is -1.85. The molecule has 0 aromatic carbocycles. The fourth-order valence-corrected chi connectivity index (χ4v) is 3.23. The van der Waals surface area contributed by atoms with Gasteiger partial charge in [-0.3, -0.25) is 9.78 Å². The van der Waals surface area contributed by atoms with Crippen molar-refractivity contribution in [3.63, 3.8) is 0 Å². The lowest BCUT2D eigenvalue weighted by molar-refractivity contribution is -0.189. The third-order valence-electron chi connectivity index (χ3n) is 4.61. The highest BCUT2D eigenvalue weighted by Gasteiger charge is 2.42. The molecule has 0 N–H and O–H groups in total. The van der Waals surface area contributed by atoms with Crippen LogP contribution < -0.4 is 0 Å². The number of rotatable bonds is 2. The monoisotopic (exact) mass is 344 g/mol. The van der Waals surface area contributed by atoms with Gasteiger partial charge in [0, 0.05) is 25.2 Å². The van der Waals surface area contributed by atoms with Crippen LogP contribution in [-0.2, 0) is 15.7 Å². The number of alkyl halides is 3. The van der Waals surface area contributed by atoms with E-state index in [9.17, 15) is 18.0 Å². The Bertz CT molecular complexity index is 598. The molecule has 5 nitrogen and oxygen atoms in total. The highest BCUT2D eigenvalue weighted by atomic mass is 19.4. The van der Waals surface area contributed by atoms with Gasteiger partial charge in [0.05, 0.1) is 18.8 Å². The van der Waals surface area contributed by atoms with Crippen LogP contribution in [0.2, 0.25) is 0 Å². The first kappa shape index (κ1) is 17.2. The molecule has 0 aliphatic carbocycles. The first-order valence-corrected chi connectivity index (χ1v) is 7.90. The maximum absolute atomic E-state index is 12.6. The van der Waals surface area contributed by atoms with Gasteiger partial charge >= 0.3 is 6.18 Å². The zero-order valence-corrected chi connectivity index (χ0v) is 13.3. The molecule has 0 saturated carbocycles. The number of ether oxygens (including phenoxy) is 2. The highest BCUT2D eigenvalue weighted by Crippen LogP contribution is 2.34. The van der Waals surface area contributed by atoms with Crippen LogP contribution in [0.15, 0.2) is 18.3 Å². The molecule has 0 unspecified atom stereocenters. The molecule has 132 valence electrons. The summed E-state index contributed by atoms with van der Waals surface area (Å²) in [6.45, 7) is 3.95. The standard InChI is InChI=1S/C16H19F3N2O3/c1-15(23-7-8-24-15)12-3-2-6-21(10-12)14(22)11-4-5-13(20-9-11)16(17,18)19/h4-5,9,12H,2-3,6-8,10H2,1H3/t12-/m0/s1. The lowest BCUT2D eigenvalue weighted by Gasteiger charge is -2.39. The lowest BCUT2D eigenvalue weighted by atomic mass is 9.90. The van der Waals surface area contributed by atoms with Gasteiger partial charge in [-0.05, 0) is 31.9 Å². The summed E-state index contributed by atoms with van der Waals surface area (Å²) >= 11 is 0. The Morgan fingerprint density at radius 2 is 2.04 bits per heavy atom. The van der Waals surface area contributed by atoms with E-state index in [1.807, 2.05) is 6.92 Å². The number of carbonyl (C=O) groups excluding carboxylic acids is 1. The Balaban J connectivity index is 1.70. The predicted molar refractivity (Wildman–Crippen MR) is 78.2 cm³/mol. The Kier molecular flexibility index (Phi) is 4.52. The minimum Gasteiger partial charge on any atom is -0.347 e. The van der Waals surface area contributed by atoms with Gasteiger partial charge in [-0.15, -0.1) is 0 Å². The summed E-state index contributed by atoms with van der Waals surface area (Å²) in [6, 6.07) is 2.01. The zero-order valence-electron chi connectivity index (χ0n) is 13.3. The fourth-order valence-electron chi connectivity index (χ4n) is 3.23. The van der Waals surface area contributed by atoms with Crippen LogP contribution in [0.3, 0.4) is 0 Å². The molecule has 3 heterocycles. The van der Waals surface area contributed by atoms with E-state index in [0.717, 1.165) is 25.1 Å². The molecule has 8 heteroatoms. The highest BCUT2D eigenvalue weighted by molar-refractivity contribution is 5.94. The van der Waals surface area contributed by atoms with Gasteiger partial charge in [0.1, 0.15) is 5.69 Å². The van der Waals surface area contributed by atoms with Crippen LogP contribution in [0, 0.1) is 5.92 Å². The molecular weight excluding hydrogens is 325 g/mol. The molecule has 1 amide bonds. The van der Waals surface area contributed by atoms with E-state index >= 15 is 0 Å². The number of hydrogen-bond donors (Lipinski definition) is 0. The largest absolute Gasteiger partial charge is 0.433 e. The van der Waals surface area contributed by atoms with E-state index in [1.165, 1.54) is 6.07 Å². The van der Waals surface area contributed by atoms with Crippen molar-refractivity contribution in [1.29, 1.82) is 0 Å². The topological polar surface area (TPSA) is 51.7 Å². The van der Waals surface area contributed by atoms with Crippen LogP contribution in [0.4, 0.5) is 13.2 Å². The molecule has 1 atom stereocenters. The minimum atomic E-state index is -4.51. The molecular formula is C16H19F3N2O3. The molecule has 1 aromatic heterocycles. The van der Waals surface area contributed by atoms with Crippen molar-refractivity contribution in [2.75, 3.05) is 26.3 Å². The summed E-state index contributed by atoms with van der Waals surface area (Å²) in [4.78, 5) is 17.5. The Labute approximate surface area is 137 Å². The summed E-state index contributed by atoms with van der Waals surface area (Å²) < 4.78 is 49.0. The molecule has 1 aromatic rings. The number of hydrogen-bond acceptors (Lipinski definition) is 4. The second-order valence-corrected chi connectivity index (χ2v) is 6.23. The van der Waals surface area contributed by atoms with Gasteiger partial charge in [0.2, 0.25) is 0 Å². The number of pyridine rings is 1. The van der Waals surface area contributed by atoms with E-state index < -0.39 is 17.7 Å². The smallest absolute Gasteiger partial charge is 0.347 e. The second-order valence-electron chi connectivity index (χ2n) is 6.23. The van der Waals surface area contributed by atoms with Crippen LogP contribution in [0.5, 0.6) is 0 Å². The average molecular weight is 344 g/mol. The quantitative estimate of drug-likeness (QED) is 0.828. The molecule has 3 rings (SSSR count). The van der Waals surface area contributed by atoms with E-state index in [1.54, 1.807) is 4.90 Å². The van der Waals surface area contributed by atoms with Gasteiger partial charge in [-0.2, -0.15) is 13.2 Å². The van der Waals surface area contributed by atoms with Crippen molar-refractivity contribution in [2.45, 2.75) is 31.7 Å². The van der Waals surface area contributed by atoms with E-state index in [-0.39, 0.29) is 17.4 Å². The van der Waals surface area contributed by atoms with Gasteiger partial charge in [-0.1, -0.05) is 0 Å². The Hall–Kier alpha value is -1.67. The first-order chi connectivity index (χ1) is 11.3. The van der Waals surface area contributed by atoms with Crippen molar-refractivity contribution >= 4 is 5.91 Å². The summed E-state index contributed by atoms with van der Waals surface area (Å²) in [5.74, 6) is -0.972. The van der Waals surface area contributed by atoms with Gasteiger partial charge in [0.25, 0.3) is 5.91 Å². The fraction of sp³-hybridized carbons (Fsp3) is 0.625. The molecule has 0 bridgehead atoms. The number of piperidine rings is 1. The molecule has 2 fully saturated rings. The van der Waals surface area contributed by atoms with Gasteiger partial charge < -0.3 is 14.4 Å². The number of likely N-dealkylation sites (tertiary alicyclic amines) is 1. The first-order valence-electron chi connectivity index (χ1n) is 7.90. The maximum Gasteiger partial charge on any atom is 0.433 e. The summed E-state index contributed by atoms with van der Waals surface area (Å²) in [7, 11) is 0. The Morgan fingerprint density at radius 1 is 1.33 bits per heavy atom. The second kappa shape index (κ2) is 6.33. The van der Waals surface area contributed by atoms with E-state index in [0.29, 0.717) is 26.3 Å². The summed E-state index contributed by atoms with van der Waals surface area (Å²) in [5, 5.41) is 0. The van der Waals surface area contributed by atoms with Crippen LogP contribution in [0.1, 0.15) is 35.8 Å². The predicted octanol–water partition coefficient (Wildman–Crippen LogP) is 2.72. The average Bonchev–Trinajstić information content (AvgIpc) is 3.02. The number of aromatic nitrogens is 1. The van der Waals surface area contributed by atoms with Gasteiger partial charge in [0.15, 0.2) is 5.79 Å². The van der Waals surface area contributed by atoms with Crippen LogP contribution >= 0.6 is 0 Å². The molecule has 0 spiro atoms. The third-order valence-corrected chi connectivity index (χ3v) is 4.61. The molecule has 2 aliphatic rings. The van der Waals surface area contributed by atoms with Crippen molar-refractivity contribution in [2.24, 2.45) is 5.92 Å². The van der Waals surface area contributed by atoms with Crippen molar-refractivity contribution in [3.8, 4) is 0 Å². The maximum atomic E-state index is 12.6. The third kappa shape index (κ3) is 3.39. The lowest BCUT2D eigenvalue weighted by Crippen LogP contribution is -2.48. The summed E-state index contributed by atoms with van der Waals surface area (Å²) in [5.41, 5.74) is -0.849. The zero-order chi connectivity index (χ0) is 17.4. The molecule has 2 saturated heterocycles. The SMILES string of the molecule is CC1([C@H]2CCCN(C(=O)c3ccc(C(F)(F)F)nc3)C2)OCCO1. The van der Waals surface area contributed by atoms with Crippen LogP contribution in [-0.4, -0.2) is 47.9 Å². The molecule has 2 aliphatic heterocycles. The Morgan fingerprint density at radius 3 is 2.62 bits per heavy atom. The molecule has 0 radical (unpaired) electrons. The van der Waals surface area contributed by atoms with E-state index in [2.05, 4.69) is 4.98 Å². The van der Waals surface area contributed by atoms with E-state index in [4.69, 9.17) is 9.47 Å². The van der Waals surface area contributed by atoms with Crippen molar-refractivity contribution in [3.05, 3.63) is 29.6 Å². The number of amides is 1. The number of carbonyl (C=O) groups is 1. The van der Waals surface area contributed by atoms with Crippen molar-refractivity contribution < 1.29 is 27.4 Å². The number of nitrogens with zero attached hydrogens (tertiary/aromatic N) is 2. The van der Waals surface area contributed by atoms with Gasteiger partial charge in [-0.25, -0.2) is 0 Å². The van der Waals surface area contributed by atoms with Crippen molar-refractivity contribution in [1.82, 2.24) is 9.88 Å².